The summed E-state index contributed by atoms with van der Waals surface area (Å²) in [5, 5.41) is 3.40. The van der Waals surface area contributed by atoms with Crippen molar-refractivity contribution in [3.05, 3.63) is 28.2 Å². The first-order valence-electron chi connectivity index (χ1n) is 8.40. The summed E-state index contributed by atoms with van der Waals surface area (Å²) in [6.45, 7) is 4.74. The molecule has 3 rings (SSSR count). The summed E-state index contributed by atoms with van der Waals surface area (Å²) in [4.78, 5) is 2.64. The predicted molar refractivity (Wildman–Crippen MR) is 93.9 cm³/mol. The van der Waals surface area contributed by atoms with Crippen LogP contribution in [0.3, 0.4) is 0 Å². The first-order chi connectivity index (χ1) is 10.2. The summed E-state index contributed by atoms with van der Waals surface area (Å²) in [5.74, 6) is 1.92. The third-order valence-electron chi connectivity index (χ3n) is 5.52. The van der Waals surface area contributed by atoms with E-state index in [0.717, 1.165) is 11.8 Å². The fourth-order valence-electron chi connectivity index (χ4n) is 4.14. The number of fused-ring (bicyclic) bond motifs is 1. The van der Waals surface area contributed by atoms with Crippen LogP contribution in [0.2, 0.25) is 0 Å². The van der Waals surface area contributed by atoms with Gasteiger partial charge in [-0.25, -0.2) is 0 Å². The van der Waals surface area contributed by atoms with Crippen molar-refractivity contribution in [1.82, 2.24) is 5.32 Å². The molecule has 0 aromatic heterocycles. The Morgan fingerprint density at radius 3 is 2.71 bits per heavy atom. The van der Waals surface area contributed by atoms with Gasteiger partial charge in [0.2, 0.25) is 0 Å². The van der Waals surface area contributed by atoms with Crippen LogP contribution in [0, 0.1) is 11.8 Å². The lowest BCUT2D eigenvalue weighted by Gasteiger charge is -2.43. The molecular weight excluding hydrogens is 324 g/mol. The number of nitrogens with one attached hydrogen (secondary N) is 1. The van der Waals surface area contributed by atoms with E-state index < -0.39 is 0 Å². The molecule has 116 valence electrons. The maximum atomic E-state index is 3.63. The number of halogens is 1. The van der Waals surface area contributed by atoms with Crippen LogP contribution in [-0.4, -0.2) is 20.1 Å². The number of anilines is 1. The average Bonchev–Trinajstić information content (AvgIpc) is 2.53. The van der Waals surface area contributed by atoms with Crippen molar-refractivity contribution < 1.29 is 0 Å². The molecule has 0 radical (unpaired) electrons. The van der Waals surface area contributed by atoms with Crippen molar-refractivity contribution >= 4 is 21.6 Å². The SMILES string of the molecule is CNC(C)c1cc(Br)ccc1N1CCC2CCCCC2C1. The van der Waals surface area contributed by atoms with E-state index in [4.69, 9.17) is 0 Å². The monoisotopic (exact) mass is 350 g/mol. The van der Waals surface area contributed by atoms with Gasteiger partial charge in [-0.3, -0.25) is 0 Å². The smallest absolute Gasteiger partial charge is 0.0415 e. The van der Waals surface area contributed by atoms with Gasteiger partial charge in [0.25, 0.3) is 0 Å². The van der Waals surface area contributed by atoms with Crippen molar-refractivity contribution in [2.75, 3.05) is 25.0 Å². The maximum Gasteiger partial charge on any atom is 0.0415 e. The second-order valence-corrected chi connectivity index (χ2v) is 7.67. The fourth-order valence-corrected chi connectivity index (χ4v) is 4.51. The van der Waals surface area contributed by atoms with Gasteiger partial charge in [-0.2, -0.15) is 0 Å². The number of benzene rings is 1. The third-order valence-corrected chi connectivity index (χ3v) is 6.01. The van der Waals surface area contributed by atoms with Gasteiger partial charge in [-0.15, -0.1) is 0 Å². The van der Waals surface area contributed by atoms with Crippen LogP contribution in [-0.2, 0) is 0 Å². The van der Waals surface area contributed by atoms with Gasteiger partial charge in [0, 0.05) is 29.3 Å². The van der Waals surface area contributed by atoms with Crippen molar-refractivity contribution in [3.63, 3.8) is 0 Å². The molecule has 3 unspecified atom stereocenters. The molecule has 2 nitrogen and oxygen atoms in total. The van der Waals surface area contributed by atoms with Gasteiger partial charge in [-0.1, -0.05) is 35.2 Å². The van der Waals surface area contributed by atoms with Gasteiger partial charge < -0.3 is 10.2 Å². The Kier molecular flexibility index (Phi) is 4.90. The molecule has 1 aromatic rings. The van der Waals surface area contributed by atoms with Crippen molar-refractivity contribution in [2.45, 2.75) is 45.1 Å². The molecule has 2 fully saturated rings. The molecule has 0 spiro atoms. The first kappa shape index (κ1) is 15.4. The van der Waals surface area contributed by atoms with Gasteiger partial charge >= 0.3 is 0 Å². The van der Waals surface area contributed by atoms with E-state index in [1.807, 2.05) is 7.05 Å². The Hall–Kier alpha value is -0.540. The molecule has 1 aliphatic carbocycles. The van der Waals surface area contributed by atoms with E-state index >= 15 is 0 Å². The fraction of sp³-hybridized carbons (Fsp3) is 0.667. The first-order valence-corrected chi connectivity index (χ1v) is 9.20. The summed E-state index contributed by atoms with van der Waals surface area (Å²) in [5.41, 5.74) is 2.85. The lowest BCUT2D eigenvalue weighted by atomic mass is 9.75. The molecule has 1 aliphatic heterocycles. The number of hydrogen-bond acceptors (Lipinski definition) is 2. The largest absolute Gasteiger partial charge is 0.371 e. The third kappa shape index (κ3) is 3.29. The maximum absolute atomic E-state index is 3.63. The molecule has 3 heteroatoms. The topological polar surface area (TPSA) is 15.3 Å². The molecular formula is C18H27BrN2. The number of hydrogen-bond donors (Lipinski definition) is 1. The highest BCUT2D eigenvalue weighted by Crippen LogP contribution is 2.39. The lowest BCUT2D eigenvalue weighted by Crippen LogP contribution is -2.42. The standard InChI is InChI=1S/C18H27BrN2/c1-13(20-2)17-11-16(19)7-8-18(17)21-10-9-14-5-3-4-6-15(14)12-21/h7-8,11,13-15,20H,3-6,9-10,12H2,1-2H3. The minimum absolute atomic E-state index is 0.390. The normalized spacial score (nSPS) is 27.3. The zero-order valence-corrected chi connectivity index (χ0v) is 14.8. The van der Waals surface area contributed by atoms with Gasteiger partial charge in [0.1, 0.15) is 0 Å². The van der Waals surface area contributed by atoms with E-state index in [-0.39, 0.29) is 0 Å². The van der Waals surface area contributed by atoms with Crippen LogP contribution < -0.4 is 10.2 Å². The number of nitrogens with zero attached hydrogens (tertiary/aromatic N) is 1. The zero-order valence-electron chi connectivity index (χ0n) is 13.2. The average molecular weight is 351 g/mol. The molecule has 1 aromatic carbocycles. The van der Waals surface area contributed by atoms with E-state index in [2.05, 4.69) is 51.3 Å². The molecule has 1 saturated carbocycles. The molecule has 0 amide bonds. The minimum atomic E-state index is 0.390. The molecule has 2 aliphatic rings. The van der Waals surface area contributed by atoms with Crippen LogP contribution >= 0.6 is 15.9 Å². The highest BCUT2D eigenvalue weighted by molar-refractivity contribution is 9.10. The second kappa shape index (κ2) is 6.70. The lowest BCUT2D eigenvalue weighted by molar-refractivity contribution is 0.202. The molecule has 1 saturated heterocycles. The van der Waals surface area contributed by atoms with E-state index in [1.165, 1.54) is 60.9 Å². The van der Waals surface area contributed by atoms with Crippen molar-refractivity contribution in [1.29, 1.82) is 0 Å². The highest BCUT2D eigenvalue weighted by atomic mass is 79.9. The van der Waals surface area contributed by atoms with Gasteiger partial charge in [-0.05, 0) is 62.4 Å². The zero-order chi connectivity index (χ0) is 14.8. The Balaban J connectivity index is 1.83. The van der Waals surface area contributed by atoms with Crippen molar-refractivity contribution in [2.24, 2.45) is 11.8 Å². The molecule has 3 atom stereocenters. The van der Waals surface area contributed by atoms with Crippen LogP contribution in [0.4, 0.5) is 5.69 Å². The summed E-state index contributed by atoms with van der Waals surface area (Å²) in [6.07, 6.45) is 7.19. The predicted octanol–water partition coefficient (Wildman–Crippen LogP) is 4.75. The number of piperidine rings is 1. The molecule has 1 heterocycles. The van der Waals surface area contributed by atoms with Gasteiger partial charge in [0.05, 0.1) is 0 Å². The number of rotatable bonds is 3. The van der Waals surface area contributed by atoms with E-state index in [0.29, 0.717) is 6.04 Å². The summed E-state index contributed by atoms with van der Waals surface area (Å²) in [6, 6.07) is 7.16. The Morgan fingerprint density at radius 1 is 1.19 bits per heavy atom. The van der Waals surface area contributed by atoms with Crippen LogP contribution in [0.1, 0.15) is 50.6 Å². The van der Waals surface area contributed by atoms with Crippen LogP contribution in [0.15, 0.2) is 22.7 Å². The van der Waals surface area contributed by atoms with Crippen LogP contribution in [0.25, 0.3) is 0 Å². The quantitative estimate of drug-likeness (QED) is 0.846. The second-order valence-electron chi connectivity index (χ2n) is 6.75. The molecule has 1 N–H and O–H groups in total. The molecule has 21 heavy (non-hydrogen) atoms. The van der Waals surface area contributed by atoms with Gasteiger partial charge in [0.15, 0.2) is 0 Å². The summed E-state index contributed by atoms with van der Waals surface area (Å²) in [7, 11) is 2.04. The Labute approximate surface area is 137 Å². The van der Waals surface area contributed by atoms with E-state index in [1.54, 1.807) is 0 Å². The minimum Gasteiger partial charge on any atom is -0.371 e. The Bertz CT molecular complexity index is 488. The summed E-state index contributed by atoms with van der Waals surface area (Å²) < 4.78 is 1.18. The Morgan fingerprint density at radius 2 is 1.95 bits per heavy atom. The van der Waals surface area contributed by atoms with Crippen LogP contribution in [0.5, 0.6) is 0 Å². The highest BCUT2D eigenvalue weighted by Gasteiger charge is 2.32. The van der Waals surface area contributed by atoms with Crippen molar-refractivity contribution in [3.8, 4) is 0 Å². The molecule has 0 bridgehead atoms. The summed E-state index contributed by atoms with van der Waals surface area (Å²) >= 11 is 3.63. The van der Waals surface area contributed by atoms with E-state index in [9.17, 15) is 0 Å².